The Labute approximate surface area is 131 Å². The highest BCUT2D eigenvalue weighted by Gasteiger charge is 2.08. The van der Waals surface area contributed by atoms with Crippen molar-refractivity contribution in [1.82, 2.24) is 29.3 Å². The summed E-state index contributed by atoms with van der Waals surface area (Å²) in [4.78, 5) is 21.6. The fraction of sp³-hybridized carbons (Fsp3) is 0.133. The molecule has 0 aliphatic rings. The van der Waals surface area contributed by atoms with Crippen LogP contribution in [-0.4, -0.2) is 40.9 Å². The third kappa shape index (κ3) is 2.61. The lowest BCUT2D eigenvalue weighted by Gasteiger charge is -2.01. The summed E-state index contributed by atoms with van der Waals surface area (Å²) in [5, 5.41) is 12.2. The van der Waals surface area contributed by atoms with Gasteiger partial charge in [-0.05, 0) is 18.2 Å². The predicted octanol–water partition coefficient (Wildman–Crippen LogP) is 1.62. The van der Waals surface area contributed by atoms with Gasteiger partial charge in [0, 0.05) is 25.0 Å². The molecule has 0 bridgehead atoms. The van der Waals surface area contributed by atoms with Gasteiger partial charge in [-0.3, -0.25) is 9.48 Å². The highest BCUT2D eigenvalue weighted by Crippen LogP contribution is 2.22. The Morgan fingerprint density at radius 1 is 1.13 bits per heavy atom. The third-order valence-electron chi connectivity index (χ3n) is 3.49. The van der Waals surface area contributed by atoms with Crippen molar-refractivity contribution in [2.24, 2.45) is 14.1 Å². The van der Waals surface area contributed by atoms with E-state index in [-0.39, 0.29) is 6.47 Å². The normalized spacial score (nSPS) is 10.5. The van der Waals surface area contributed by atoms with Gasteiger partial charge in [0.05, 0.1) is 24.2 Å². The van der Waals surface area contributed by atoms with Crippen molar-refractivity contribution >= 4 is 28.5 Å². The summed E-state index contributed by atoms with van der Waals surface area (Å²) in [6, 6.07) is 6.09. The zero-order valence-corrected chi connectivity index (χ0v) is 12.6. The van der Waals surface area contributed by atoms with Crippen LogP contribution in [0.2, 0.25) is 0 Å². The summed E-state index contributed by atoms with van der Waals surface area (Å²) in [6.45, 7) is -0.250. The van der Waals surface area contributed by atoms with Crippen LogP contribution in [-0.2, 0) is 18.9 Å². The summed E-state index contributed by atoms with van der Waals surface area (Å²) < 4.78 is 3.76. The number of hydrogen-bond donors (Lipinski definition) is 1. The minimum absolute atomic E-state index is 0.250. The van der Waals surface area contributed by atoms with E-state index >= 15 is 0 Å². The fourth-order valence-corrected chi connectivity index (χ4v) is 2.36. The first kappa shape index (κ1) is 14.6. The van der Waals surface area contributed by atoms with Gasteiger partial charge in [-0.25, -0.2) is 15.0 Å². The van der Waals surface area contributed by atoms with E-state index in [9.17, 15) is 0 Å². The Bertz CT molecular complexity index is 910. The molecule has 1 N–H and O–H groups in total. The predicted molar refractivity (Wildman–Crippen MR) is 84.7 cm³/mol. The molecule has 0 atom stereocenters. The lowest BCUT2D eigenvalue weighted by atomic mass is 10.1. The van der Waals surface area contributed by atoms with Crippen LogP contribution in [0.25, 0.3) is 33.5 Å². The molecule has 0 unspecified atom stereocenters. The molecule has 0 saturated carbocycles. The van der Waals surface area contributed by atoms with Gasteiger partial charge in [0.25, 0.3) is 6.47 Å². The molecule has 116 valence electrons. The Hall–Kier alpha value is -3.29. The minimum Gasteiger partial charge on any atom is -0.483 e. The standard InChI is InChI=1S/C14H12N6.CH2O2/c1-19-8-16-14-12(19)7-15-13(18-14)9-3-4-11-10(5-9)6-17-20(11)2;2-1-3/h3-8H,1-2H3;1H,(H,2,3). The second-order valence-corrected chi connectivity index (χ2v) is 4.91. The highest BCUT2D eigenvalue weighted by atomic mass is 16.3. The Kier molecular flexibility index (Phi) is 3.71. The van der Waals surface area contributed by atoms with E-state index in [0.29, 0.717) is 11.5 Å². The lowest BCUT2D eigenvalue weighted by molar-refractivity contribution is -0.122. The molecular formula is C15H14N6O2. The van der Waals surface area contributed by atoms with Crippen molar-refractivity contribution in [2.45, 2.75) is 0 Å². The zero-order chi connectivity index (χ0) is 16.4. The topological polar surface area (TPSA) is 98.7 Å². The molecule has 1 aromatic carbocycles. The molecule has 0 aliphatic carbocycles. The first-order valence-corrected chi connectivity index (χ1v) is 6.78. The van der Waals surface area contributed by atoms with Crippen LogP contribution in [0.15, 0.2) is 36.9 Å². The molecule has 8 nitrogen and oxygen atoms in total. The van der Waals surface area contributed by atoms with Crippen molar-refractivity contribution in [3.05, 3.63) is 36.9 Å². The SMILES string of the molecule is Cn1cnc2nc(-c3ccc4c(cnn4C)c3)ncc21.O=CO. The molecule has 4 rings (SSSR count). The van der Waals surface area contributed by atoms with Crippen LogP contribution in [0.3, 0.4) is 0 Å². The summed E-state index contributed by atoms with van der Waals surface area (Å²) in [7, 11) is 3.86. The van der Waals surface area contributed by atoms with Gasteiger partial charge in [-0.15, -0.1) is 0 Å². The highest BCUT2D eigenvalue weighted by molar-refractivity contribution is 5.84. The number of aryl methyl sites for hydroxylation is 2. The summed E-state index contributed by atoms with van der Waals surface area (Å²) in [5.41, 5.74) is 3.70. The lowest BCUT2D eigenvalue weighted by Crippen LogP contribution is -1.92. The molecular weight excluding hydrogens is 296 g/mol. The molecule has 23 heavy (non-hydrogen) atoms. The monoisotopic (exact) mass is 310 g/mol. The van der Waals surface area contributed by atoms with Gasteiger partial charge >= 0.3 is 0 Å². The molecule has 3 heterocycles. The summed E-state index contributed by atoms with van der Waals surface area (Å²) >= 11 is 0. The molecule has 0 amide bonds. The smallest absolute Gasteiger partial charge is 0.290 e. The number of hydrogen-bond acceptors (Lipinski definition) is 5. The van der Waals surface area contributed by atoms with Crippen molar-refractivity contribution in [2.75, 3.05) is 0 Å². The van der Waals surface area contributed by atoms with Crippen molar-refractivity contribution in [1.29, 1.82) is 0 Å². The van der Waals surface area contributed by atoms with Crippen LogP contribution in [0.1, 0.15) is 0 Å². The molecule has 0 saturated heterocycles. The van der Waals surface area contributed by atoms with Gasteiger partial charge in [0.1, 0.15) is 5.52 Å². The number of nitrogens with zero attached hydrogens (tertiary/aromatic N) is 6. The van der Waals surface area contributed by atoms with Crippen LogP contribution < -0.4 is 0 Å². The maximum absolute atomic E-state index is 8.36. The molecule has 0 aliphatic heterocycles. The van der Waals surface area contributed by atoms with E-state index in [0.717, 1.165) is 22.0 Å². The maximum Gasteiger partial charge on any atom is 0.290 e. The minimum atomic E-state index is -0.250. The van der Waals surface area contributed by atoms with E-state index in [1.54, 1.807) is 12.5 Å². The number of rotatable bonds is 1. The van der Waals surface area contributed by atoms with E-state index in [2.05, 4.69) is 20.1 Å². The first-order valence-electron chi connectivity index (χ1n) is 6.78. The van der Waals surface area contributed by atoms with Crippen molar-refractivity contribution in [3.8, 4) is 11.4 Å². The summed E-state index contributed by atoms with van der Waals surface area (Å²) in [6.07, 6.45) is 5.39. The van der Waals surface area contributed by atoms with E-state index in [4.69, 9.17) is 9.90 Å². The molecule has 0 spiro atoms. The Morgan fingerprint density at radius 2 is 1.91 bits per heavy atom. The van der Waals surface area contributed by atoms with Crippen LogP contribution >= 0.6 is 0 Å². The van der Waals surface area contributed by atoms with Crippen LogP contribution in [0, 0.1) is 0 Å². The van der Waals surface area contributed by atoms with Crippen molar-refractivity contribution < 1.29 is 9.90 Å². The van der Waals surface area contributed by atoms with E-state index < -0.39 is 0 Å². The Balaban J connectivity index is 0.000000485. The van der Waals surface area contributed by atoms with Crippen LogP contribution in [0.4, 0.5) is 0 Å². The van der Waals surface area contributed by atoms with Gasteiger partial charge in [-0.1, -0.05) is 0 Å². The quantitative estimate of drug-likeness (QED) is 0.536. The third-order valence-corrected chi connectivity index (χ3v) is 3.49. The molecule has 3 aromatic heterocycles. The second-order valence-electron chi connectivity index (χ2n) is 4.91. The number of carbonyl (C=O) groups is 1. The van der Waals surface area contributed by atoms with Gasteiger partial charge in [0.15, 0.2) is 11.5 Å². The zero-order valence-electron chi connectivity index (χ0n) is 12.6. The number of carboxylic acid groups (broad SMARTS) is 1. The fourth-order valence-electron chi connectivity index (χ4n) is 2.36. The number of benzene rings is 1. The molecule has 4 aromatic rings. The van der Waals surface area contributed by atoms with Crippen molar-refractivity contribution in [3.63, 3.8) is 0 Å². The van der Waals surface area contributed by atoms with E-state index in [1.807, 2.05) is 47.7 Å². The molecule has 8 heteroatoms. The maximum atomic E-state index is 8.36. The second kappa shape index (κ2) is 5.84. The molecule has 0 fully saturated rings. The first-order chi connectivity index (χ1) is 11.1. The largest absolute Gasteiger partial charge is 0.483 e. The van der Waals surface area contributed by atoms with Gasteiger partial charge in [0.2, 0.25) is 0 Å². The van der Waals surface area contributed by atoms with E-state index in [1.165, 1.54) is 0 Å². The average Bonchev–Trinajstić information content (AvgIpc) is 3.11. The number of imidazole rings is 1. The molecule has 0 radical (unpaired) electrons. The van der Waals surface area contributed by atoms with Crippen LogP contribution in [0.5, 0.6) is 0 Å². The Morgan fingerprint density at radius 3 is 2.70 bits per heavy atom. The van der Waals surface area contributed by atoms with Gasteiger partial charge in [-0.2, -0.15) is 5.10 Å². The number of fused-ring (bicyclic) bond motifs is 2. The average molecular weight is 310 g/mol. The number of aromatic nitrogens is 6. The van der Waals surface area contributed by atoms with Gasteiger partial charge < -0.3 is 9.67 Å². The summed E-state index contributed by atoms with van der Waals surface area (Å²) in [5.74, 6) is 0.682.